The highest BCUT2D eigenvalue weighted by molar-refractivity contribution is 5.85. The van der Waals surface area contributed by atoms with E-state index in [1.807, 2.05) is 45.4 Å². The van der Waals surface area contributed by atoms with Gasteiger partial charge in [0.2, 0.25) is 0 Å². The lowest BCUT2D eigenvalue weighted by atomic mass is 9.82. The van der Waals surface area contributed by atoms with E-state index in [4.69, 9.17) is 14.9 Å². The van der Waals surface area contributed by atoms with Crippen molar-refractivity contribution in [2.24, 2.45) is 23.7 Å². The molecule has 4 aromatic rings. The molecule has 4 atom stereocenters. The smallest absolute Gasteiger partial charge is 0.410 e. The lowest BCUT2D eigenvalue weighted by Gasteiger charge is -2.38. The summed E-state index contributed by atoms with van der Waals surface area (Å²) in [6.45, 7) is 10.1. The topological polar surface area (TPSA) is 152 Å². The second-order valence-corrected chi connectivity index (χ2v) is 21.2. The molecule has 4 aliphatic carbocycles. The van der Waals surface area contributed by atoms with Crippen molar-refractivity contribution in [3.63, 3.8) is 0 Å². The third-order valence-corrected chi connectivity index (χ3v) is 14.7. The summed E-state index contributed by atoms with van der Waals surface area (Å²) in [5, 5.41) is 30.1. The van der Waals surface area contributed by atoms with Gasteiger partial charge in [-0.3, -0.25) is 19.0 Å². The fourth-order valence-corrected chi connectivity index (χ4v) is 10.9. The molecule has 3 N–H and O–H groups in total. The molecule has 12 nitrogen and oxygen atoms in total. The quantitative estimate of drug-likeness (QED) is 0.0785. The molecule has 0 saturated heterocycles. The summed E-state index contributed by atoms with van der Waals surface area (Å²) in [5.41, 5.74) is 7.25. The molecule has 0 unspecified atom stereocenters. The maximum Gasteiger partial charge on any atom is 0.410 e. The van der Waals surface area contributed by atoms with Crippen LogP contribution >= 0.6 is 24.8 Å². The minimum Gasteiger partial charge on any atom is -0.480 e. The van der Waals surface area contributed by atoms with Crippen LogP contribution < -0.4 is 5.32 Å². The summed E-state index contributed by atoms with van der Waals surface area (Å²) in [6.07, 6.45) is 29.7. The highest BCUT2D eigenvalue weighted by atomic mass is 35.5. The number of halogens is 2. The number of carbonyl (C=O) groups excluding carboxylic acids is 1. The predicted octanol–water partition coefficient (Wildman–Crippen LogP) is 12.4. The van der Waals surface area contributed by atoms with Gasteiger partial charge in [-0.25, -0.2) is 4.79 Å². The van der Waals surface area contributed by atoms with E-state index in [-0.39, 0.29) is 56.1 Å². The Morgan fingerprint density at radius 1 is 0.690 bits per heavy atom. The van der Waals surface area contributed by atoms with Crippen LogP contribution in [0.25, 0.3) is 12.2 Å². The van der Waals surface area contributed by atoms with Crippen molar-refractivity contribution in [3.05, 3.63) is 119 Å². The SMILES string of the molecule is CC/C(=C\c1ccccc1)[C@@H]1C[C@H]1N(C(=O)OC(C)(C)C)C1CCC(CCc2cnn(CC(=O)O)c2)CC1.CC/C(=C\c1ccccc1)[C@@H]1C[C@H]1NC1CCC(CCc2cnn(CC(=O)O)c2)CC1.Cl.Cl. The molecule has 4 saturated carbocycles. The molecule has 2 heterocycles. The number of nitrogens with zero attached hydrogens (tertiary/aromatic N) is 5. The molecule has 1 amide bonds. The van der Waals surface area contributed by atoms with Gasteiger partial charge in [-0.15, -0.1) is 24.8 Å². The number of rotatable bonds is 20. The fraction of sp³-hybridized carbons (Fsp3) is 0.561. The molecular weight excluding hydrogens is 936 g/mol. The molecule has 4 aliphatic rings. The van der Waals surface area contributed by atoms with Gasteiger partial charge in [-0.05, 0) is 164 Å². The molecule has 71 heavy (non-hydrogen) atoms. The Morgan fingerprint density at radius 2 is 1.15 bits per heavy atom. The Kier molecular flexibility index (Phi) is 21.9. The largest absolute Gasteiger partial charge is 0.480 e. The number of ether oxygens (including phenoxy) is 1. The molecule has 0 aliphatic heterocycles. The number of hydrogen-bond acceptors (Lipinski definition) is 7. The summed E-state index contributed by atoms with van der Waals surface area (Å²) in [7, 11) is 0. The number of carbonyl (C=O) groups is 3. The van der Waals surface area contributed by atoms with E-state index in [0.717, 1.165) is 81.3 Å². The maximum absolute atomic E-state index is 13.5. The van der Waals surface area contributed by atoms with Crippen LogP contribution in [0.4, 0.5) is 4.79 Å². The van der Waals surface area contributed by atoms with Gasteiger partial charge < -0.3 is 25.2 Å². The third kappa shape index (κ3) is 18.0. The first-order valence-electron chi connectivity index (χ1n) is 26.0. The first-order chi connectivity index (χ1) is 33.2. The van der Waals surface area contributed by atoms with Crippen LogP contribution in [-0.2, 0) is 40.3 Å². The van der Waals surface area contributed by atoms with Crippen LogP contribution in [0.5, 0.6) is 0 Å². The number of hydrogen-bond donors (Lipinski definition) is 3. The standard InChI is InChI=1S/C31H43N3O4.C26H35N3O2.2ClH/c1-5-25(17-23-9-7-6-8-10-23)27-18-28(27)34(30(37)38-31(2,3)4)26-15-13-22(14-16-26)11-12-24-19-32-33(20-24)21-29(35)36;1-2-22(14-20-6-4-3-5-7-20)24-15-25(24)28-23-12-10-19(11-13-23)8-9-21-16-27-29(17-21)18-26(30)31;;/h6-10,17,19-20,22,26-28H,5,11-16,18,21H2,1-4H3,(H,35,36);3-7,14,16-17,19,23-25,28H,2,8-13,15,18H2,1H3,(H,30,31);2*1H/b25-17+;22-14+;;/t22?,26?,27-,28+;19?,23?,24-,25+;;/m00../s1. The molecule has 388 valence electrons. The lowest BCUT2D eigenvalue weighted by Crippen LogP contribution is -2.47. The second-order valence-electron chi connectivity index (χ2n) is 21.2. The lowest BCUT2D eigenvalue weighted by molar-refractivity contribution is -0.138. The molecule has 0 spiro atoms. The number of amides is 1. The minimum atomic E-state index is -0.882. The van der Waals surface area contributed by atoms with E-state index < -0.39 is 17.5 Å². The molecule has 4 fully saturated rings. The van der Waals surface area contributed by atoms with Crippen molar-refractivity contribution in [2.45, 2.75) is 180 Å². The zero-order valence-corrected chi connectivity index (χ0v) is 44.3. The van der Waals surface area contributed by atoms with Gasteiger partial charge in [0.25, 0.3) is 0 Å². The van der Waals surface area contributed by atoms with Gasteiger partial charge in [-0.1, -0.05) is 97.8 Å². The Labute approximate surface area is 434 Å². The average Bonchev–Trinajstić information content (AvgIpc) is 4.18. The van der Waals surface area contributed by atoms with E-state index in [1.54, 1.807) is 11.8 Å². The van der Waals surface area contributed by atoms with Crippen LogP contribution in [0.3, 0.4) is 0 Å². The number of carboxylic acid groups (broad SMARTS) is 2. The summed E-state index contributed by atoms with van der Waals surface area (Å²) in [5.74, 6) is 0.763. The van der Waals surface area contributed by atoms with Crippen molar-refractivity contribution >= 4 is 55.0 Å². The zero-order valence-electron chi connectivity index (χ0n) is 42.7. The number of aliphatic carboxylic acids is 2. The maximum atomic E-state index is 13.5. The fourth-order valence-electron chi connectivity index (χ4n) is 10.9. The third-order valence-electron chi connectivity index (χ3n) is 14.7. The highest BCUT2D eigenvalue weighted by Gasteiger charge is 2.49. The van der Waals surface area contributed by atoms with E-state index in [2.05, 4.69) is 101 Å². The normalized spacial score (nSPS) is 24.0. The van der Waals surface area contributed by atoms with Gasteiger partial charge >= 0.3 is 18.0 Å². The van der Waals surface area contributed by atoms with Crippen LogP contribution in [0, 0.1) is 23.7 Å². The molecule has 2 aromatic carbocycles. The molecule has 2 aromatic heterocycles. The van der Waals surface area contributed by atoms with Gasteiger partial charge in [0, 0.05) is 42.5 Å². The van der Waals surface area contributed by atoms with E-state index >= 15 is 0 Å². The zero-order chi connectivity index (χ0) is 48.9. The summed E-state index contributed by atoms with van der Waals surface area (Å²) >= 11 is 0. The van der Waals surface area contributed by atoms with Crippen molar-refractivity contribution in [3.8, 4) is 0 Å². The number of aromatic nitrogens is 4. The second kappa shape index (κ2) is 27.2. The van der Waals surface area contributed by atoms with Gasteiger partial charge in [0.15, 0.2) is 0 Å². The summed E-state index contributed by atoms with van der Waals surface area (Å²) in [6, 6.07) is 22.9. The van der Waals surface area contributed by atoms with E-state index in [9.17, 15) is 14.4 Å². The predicted molar refractivity (Wildman–Crippen MR) is 287 cm³/mol. The van der Waals surface area contributed by atoms with Crippen molar-refractivity contribution < 1.29 is 29.3 Å². The van der Waals surface area contributed by atoms with E-state index in [0.29, 0.717) is 29.8 Å². The molecular formula is C57H80Cl2N6O6. The molecule has 0 radical (unpaired) electrons. The highest BCUT2D eigenvalue weighted by Crippen LogP contribution is 2.47. The first-order valence-corrected chi connectivity index (χ1v) is 26.0. The minimum absolute atomic E-state index is 0. The van der Waals surface area contributed by atoms with Crippen LogP contribution in [0.2, 0.25) is 0 Å². The number of aryl methyl sites for hydroxylation is 2. The van der Waals surface area contributed by atoms with Crippen LogP contribution in [-0.4, -0.2) is 82.5 Å². The first kappa shape index (κ1) is 57.0. The van der Waals surface area contributed by atoms with E-state index in [1.165, 1.54) is 64.6 Å². The Balaban J connectivity index is 0.000000262. The molecule has 14 heteroatoms. The summed E-state index contributed by atoms with van der Waals surface area (Å²) < 4.78 is 8.91. The summed E-state index contributed by atoms with van der Waals surface area (Å²) in [4.78, 5) is 37.2. The number of nitrogens with one attached hydrogen (secondary N) is 1. The molecule has 8 rings (SSSR count). The number of benzene rings is 2. The van der Waals surface area contributed by atoms with Crippen molar-refractivity contribution in [1.29, 1.82) is 0 Å². The average molecular weight is 1020 g/mol. The van der Waals surface area contributed by atoms with Crippen LogP contribution in [0.1, 0.15) is 147 Å². The number of carboxylic acids is 2. The van der Waals surface area contributed by atoms with Crippen molar-refractivity contribution in [1.82, 2.24) is 29.8 Å². The van der Waals surface area contributed by atoms with Gasteiger partial charge in [-0.2, -0.15) is 10.2 Å². The van der Waals surface area contributed by atoms with Gasteiger partial charge in [0.1, 0.15) is 18.7 Å². The Hall–Kier alpha value is -4.91. The van der Waals surface area contributed by atoms with Gasteiger partial charge in [0.05, 0.1) is 12.4 Å². The van der Waals surface area contributed by atoms with Crippen molar-refractivity contribution in [2.75, 3.05) is 0 Å². The Morgan fingerprint density at radius 3 is 1.61 bits per heavy atom. The Bertz CT molecular complexity index is 2330. The van der Waals surface area contributed by atoms with Crippen LogP contribution in [0.15, 0.2) is 96.6 Å². The monoisotopic (exact) mass is 1010 g/mol. The molecule has 0 bridgehead atoms.